The molecule has 3 rings (SSSR count). The first-order valence-electron chi connectivity index (χ1n) is 9.06. The van der Waals surface area contributed by atoms with Gasteiger partial charge in [0.1, 0.15) is 0 Å². The van der Waals surface area contributed by atoms with Gasteiger partial charge >= 0.3 is 0 Å². The third-order valence-electron chi connectivity index (χ3n) is 5.11. The fraction of sp³-hybridized carbons (Fsp3) is 0.333. The van der Waals surface area contributed by atoms with E-state index in [0.717, 1.165) is 17.4 Å². The second-order valence-corrected chi connectivity index (χ2v) is 6.71. The maximum atomic E-state index is 3.10. The zero-order chi connectivity index (χ0) is 16.8. The molecule has 2 aromatic carbocycles. The lowest BCUT2D eigenvalue weighted by Gasteiger charge is -2.27. The number of rotatable bonds is 3. The van der Waals surface area contributed by atoms with Crippen molar-refractivity contribution in [3.63, 3.8) is 0 Å². The Kier molecular flexibility index (Phi) is 5.55. The molecular formula is C24H26. The van der Waals surface area contributed by atoms with Gasteiger partial charge < -0.3 is 0 Å². The summed E-state index contributed by atoms with van der Waals surface area (Å²) in [4.78, 5) is 0. The molecule has 1 saturated carbocycles. The fourth-order valence-corrected chi connectivity index (χ4v) is 3.76. The average Bonchev–Trinajstić information content (AvgIpc) is 2.64. The summed E-state index contributed by atoms with van der Waals surface area (Å²) >= 11 is 0. The molecule has 0 bridgehead atoms. The fourth-order valence-electron chi connectivity index (χ4n) is 3.76. The zero-order valence-electron chi connectivity index (χ0n) is 14.8. The lowest BCUT2D eigenvalue weighted by atomic mass is 9.78. The first kappa shape index (κ1) is 16.6. The van der Waals surface area contributed by atoms with E-state index in [2.05, 4.69) is 79.4 Å². The maximum Gasteiger partial charge on any atom is 0.0245 e. The van der Waals surface area contributed by atoms with E-state index < -0.39 is 0 Å². The van der Waals surface area contributed by atoms with Crippen LogP contribution in [0, 0.1) is 17.8 Å². The molecule has 0 aromatic heterocycles. The van der Waals surface area contributed by atoms with Crippen molar-refractivity contribution in [1.29, 1.82) is 0 Å². The highest BCUT2D eigenvalue weighted by Crippen LogP contribution is 2.36. The lowest BCUT2D eigenvalue weighted by Crippen LogP contribution is -2.11. The van der Waals surface area contributed by atoms with Crippen molar-refractivity contribution in [2.75, 3.05) is 0 Å². The minimum absolute atomic E-state index is 0.739. The quantitative estimate of drug-likeness (QED) is 0.443. The van der Waals surface area contributed by atoms with Gasteiger partial charge in [-0.15, -0.1) is 5.92 Å². The summed E-state index contributed by atoms with van der Waals surface area (Å²) in [5, 5.41) is 0. The van der Waals surface area contributed by atoms with Crippen LogP contribution in [0.15, 0.2) is 60.7 Å². The molecule has 1 aliphatic rings. The summed E-state index contributed by atoms with van der Waals surface area (Å²) < 4.78 is 0. The monoisotopic (exact) mass is 314 g/mol. The molecule has 0 nitrogen and oxygen atoms in total. The number of benzene rings is 2. The second-order valence-electron chi connectivity index (χ2n) is 6.71. The van der Waals surface area contributed by atoms with Gasteiger partial charge in [-0.25, -0.2) is 0 Å². The Morgan fingerprint density at radius 1 is 0.833 bits per heavy atom. The van der Waals surface area contributed by atoms with E-state index in [0.29, 0.717) is 0 Å². The summed E-state index contributed by atoms with van der Waals surface area (Å²) in [7, 11) is 0. The Labute approximate surface area is 146 Å². The minimum atomic E-state index is 0.739. The van der Waals surface area contributed by atoms with Crippen LogP contribution in [0.3, 0.4) is 0 Å². The molecule has 1 aliphatic carbocycles. The van der Waals surface area contributed by atoms with Crippen molar-refractivity contribution in [2.45, 2.75) is 45.4 Å². The number of allylic oxidation sites excluding steroid dienone is 2. The lowest BCUT2D eigenvalue weighted by molar-refractivity contribution is 0.376. The van der Waals surface area contributed by atoms with Gasteiger partial charge in [0.15, 0.2) is 0 Å². The van der Waals surface area contributed by atoms with Crippen molar-refractivity contribution in [3.05, 3.63) is 71.8 Å². The molecule has 0 saturated heterocycles. The Bertz CT molecular complexity index is 727. The van der Waals surface area contributed by atoms with Crippen molar-refractivity contribution < 1.29 is 0 Å². The van der Waals surface area contributed by atoms with Crippen LogP contribution in [0.4, 0.5) is 0 Å². The highest BCUT2D eigenvalue weighted by molar-refractivity contribution is 5.64. The van der Waals surface area contributed by atoms with E-state index in [1.54, 1.807) is 0 Å². The van der Waals surface area contributed by atoms with E-state index in [4.69, 9.17) is 0 Å². The molecule has 122 valence electrons. The molecule has 0 N–H and O–H groups in total. The van der Waals surface area contributed by atoms with Gasteiger partial charge in [0.05, 0.1) is 0 Å². The number of hydrogen-bond donors (Lipinski definition) is 0. The first-order valence-corrected chi connectivity index (χ1v) is 9.06. The van der Waals surface area contributed by atoms with Gasteiger partial charge in [-0.05, 0) is 80.2 Å². The van der Waals surface area contributed by atoms with Crippen LogP contribution in [0.5, 0.6) is 0 Å². The van der Waals surface area contributed by atoms with E-state index in [-0.39, 0.29) is 0 Å². The largest absolute Gasteiger partial charge is 0.101 e. The van der Waals surface area contributed by atoms with Crippen molar-refractivity contribution in [1.82, 2.24) is 0 Å². The summed E-state index contributed by atoms with van der Waals surface area (Å²) in [5.41, 5.74) is 5.14. The molecule has 1 fully saturated rings. The number of hydrogen-bond acceptors (Lipinski definition) is 0. The Morgan fingerprint density at radius 2 is 1.42 bits per heavy atom. The van der Waals surface area contributed by atoms with Gasteiger partial charge in [0.25, 0.3) is 0 Å². The summed E-state index contributed by atoms with van der Waals surface area (Å²) in [6.45, 7) is 4.00. The van der Waals surface area contributed by atoms with Crippen LogP contribution in [0.1, 0.15) is 56.6 Å². The first-order chi connectivity index (χ1) is 11.8. The molecule has 0 radical (unpaired) electrons. The molecule has 24 heavy (non-hydrogen) atoms. The SMILES string of the molecule is CC#Cc1ccc(-c2ccc(C3CCC(C=CC)CC3)cc2)cc1. The molecule has 0 atom stereocenters. The molecule has 0 spiro atoms. The molecule has 0 unspecified atom stereocenters. The van der Waals surface area contributed by atoms with Crippen LogP contribution in [0.25, 0.3) is 11.1 Å². The second kappa shape index (κ2) is 8.02. The van der Waals surface area contributed by atoms with Gasteiger partial charge in [0, 0.05) is 5.56 Å². The van der Waals surface area contributed by atoms with Gasteiger partial charge in [-0.3, -0.25) is 0 Å². The van der Waals surface area contributed by atoms with E-state index in [9.17, 15) is 0 Å². The summed E-state index contributed by atoms with van der Waals surface area (Å²) in [6, 6.07) is 17.7. The molecule has 0 heteroatoms. The maximum absolute atomic E-state index is 3.10. The average molecular weight is 314 g/mol. The predicted molar refractivity (Wildman–Crippen MR) is 104 cm³/mol. The van der Waals surface area contributed by atoms with Gasteiger partial charge in [-0.1, -0.05) is 54.5 Å². The Balaban J connectivity index is 1.68. The van der Waals surface area contributed by atoms with Gasteiger partial charge in [0.2, 0.25) is 0 Å². The summed E-state index contributed by atoms with van der Waals surface area (Å²) in [5.74, 6) is 7.58. The van der Waals surface area contributed by atoms with E-state index in [1.807, 2.05) is 6.92 Å². The van der Waals surface area contributed by atoms with Gasteiger partial charge in [-0.2, -0.15) is 0 Å². The third-order valence-corrected chi connectivity index (χ3v) is 5.11. The standard InChI is InChI=1S/C24H26/c1-3-5-19-7-11-21(12-8-19)23-15-17-24(18-16-23)22-13-9-20(6-4-2)10-14-22/h3,5,9-10,13-19,21H,7-8,11-12H2,1-2H3. The molecule has 0 aliphatic heterocycles. The van der Waals surface area contributed by atoms with Crippen molar-refractivity contribution >= 4 is 0 Å². The molecular weight excluding hydrogens is 288 g/mol. The highest BCUT2D eigenvalue weighted by Gasteiger charge is 2.20. The van der Waals surface area contributed by atoms with Crippen molar-refractivity contribution in [2.24, 2.45) is 5.92 Å². The Morgan fingerprint density at radius 3 is 1.96 bits per heavy atom. The minimum Gasteiger partial charge on any atom is -0.101 e. The van der Waals surface area contributed by atoms with Crippen LogP contribution >= 0.6 is 0 Å². The van der Waals surface area contributed by atoms with Crippen LogP contribution in [-0.4, -0.2) is 0 Å². The van der Waals surface area contributed by atoms with Crippen molar-refractivity contribution in [3.8, 4) is 23.0 Å². The zero-order valence-corrected chi connectivity index (χ0v) is 14.8. The normalized spacial score (nSPS) is 20.6. The van der Waals surface area contributed by atoms with Crippen LogP contribution < -0.4 is 0 Å². The van der Waals surface area contributed by atoms with E-state index >= 15 is 0 Å². The van der Waals surface area contributed by atoms with E-state index in [1.165, 1.54) is 42.4 Å². The third kappa shape index (κ3) is 3.98. The topological polar surface area (TPSA) is 0 Å². The summed E-state index contributed by atoms with van der Waals surface area (Å²) in [6.07, 6.45) is 9.88. The Hall–Kier alpha value is -2.26. The molecule has 0 amide bonds. The molecule has 2 aromatic rings. The van der Waals surface area contributed by atoms with Crippen LogP contribution in [0.2, 0.25) is 0 Å². The van der Waals surface area contributed by atoms with Crippen LogP contribution in [-0.2, 0) is 0 Å². The highest BCUT2D eigenvalue weighted by atomic mass is 14.3. The predicted octanol–water partition coefficient (Wildman–Crippen LogP) is 6.57. The molecule has 0 heterocycles. The smallest absolute Gasteiger partial charge is 0.0245 e.